The van der Waals surface area contributed by atoms with E-state index in [1.54, 1.807) is 6.08 Å². The molecule has 2 N–H and O–H groups in total. The lowest BCUT2D eigenvalue weighted by atomic mass is 10.0. The summed E-state index contributed by atoms with van der Waals surface area (Å²) < 4.78 is 5.29. The first kappa shape index (κ1) is 25.8. The monoisotopic (exact) mass is 546 g/mol. The summed E-state index contributed by atoms with van der Waals surface area (Å²) in [6.07, 6.45) is 2.00. The Bertz CT molecular complexity index is 1310. The van der Waals surface area contributed by atoms with E-state index in [2.05, 4.69) is 20.8 Å². The van der Waals surface area contributed by atoms with Gasteiger partial charge >= 0.3 is 5.97 Å². The van der Waals surface area contributed by atoms with Crippen molar-refractivity contribution in [1.82, 2.24) is 15.2 Å². The first-order chi connectivity index (χ1) is 17.8. The quantitative estimate of drug-likeness (QED) is 0.109. The summed E-state index contributed by atoms with van der Waals surface area (Å²) in [4.78, 5) is 69.4. The summed E-state index contributed by atoms with van der Waals surface area (Å²) in [6.45, 7) is -0.139. The van der Waals surface area contributed by atoms with Crippen LogP contribution in [0.1, 0.15) is 11.3 Å². The number of oxime groups is 1. The van der Waals surface area contributed by atoms with Gasteiger partial charge in [-0.2, -0.15) is 0 Å². The number of fused-ring (bicyclic) bond motifs is 1. The molecule has 0 saturated carbocycles. The third kappa shape index (κ3) is 5.44. The van der Waals surface area contributed by atoms with E-state index in [0.717, 1.165) is 11.3 Å². The highest BCUT2D eigenvalue weighted by Gasteiger charge is 2.53. The number of hydrogen-bond donors (Lipinski definition) is 2. The standard InChI is InChI=1S/C21H18N6O8S2/c1-34-25-15(13-9-37-21(23-13)22-10-28)17(29)24-16-18(30)26-14(6-7-36-19(16)26)20(31)35-8-11-2-4-12(5-3-11)27(32)33/h2-6,9-10,16,19H,7-8H2,1H3,(H,24,29)(H,22,23,28)/b25-15-/t16?,19-/m1/s1. The Morgan fingerprint density at radius 1 is 1.35 bits per heavy atom. The van der Waals surface area contributed by atoms with Crippen molar-refractivity contribution in [2.75, 3.05) is 18.2 Å². The fourth-order valence-corrected chi connectivity index (χ4v) is 5.32. The molecule has 0 bridgehead atoms. The van der Waals surface area contributed by atoms with Crippen molar-refractivity contribution >= 4 is 63.8 Å². The first-order valence-corrected chi connectivity index (χ1v) is 12.4. The lowest BCUT2D eigenvalue weighted by Crippen LogP contribution is -2.70. The van der Waals surface area contributed by atoms with Crippen molar-refractivity contribution in [1.29, 1.82) is 0 Å². The van der Waals surface area contributed by atoms with Crippen LogP contribution in [0.4, 0.5) is 10.8 Å². The zero-order valence-corrected chi connectivity index (χ0v) is 20.6. The molecule has 3 heterocycles. The number of esters is 1. The fraction of sp³-hybridized carbons (Fsp3) is 0.238. The summed E-state index contributed by atoms with van der Waals surface area (Å²) in [6, 6.07) is 4.61. The number of nitrogens with zero attached hydrogens (tertiary/aromatic N) is 4. The Balaban J connectivity index is 1.38. The van der Waals surface area contributed by atoms with Crippen LogP contribution in [-0.4, -0.2) is 69.0 Å². The third-order valence-electron chi connectivity index (χ3n) is 5.19. The normalized spacial score (nSPS) is 18.6. The van der Waals surface area contributed by atoms with Crippen LogP contribution >= 0.6 is 23.1 Å². The first-order valence-electron chi connectivity index (χ1n) is 10.5. The summed E-state index contributed by atoms with van der Waals surface area (Å²) >= 11 is 2.42. The molecule has 3 amide bonds. The second kappa shape index (κ2) is 11.2. The molecule has 192 valence electrons. The Hall–Kier alpha value is -4.31. The topological polar surface area (TPSA) is 182 Å². The van der Waals surface area contributed by atoms with Crippen LogP contribution in [0, 0.1) is 10.1 Å². The number of carbonyl (C=O) groups excluding carboxylic acids is 4. The average Bonchev–Trinajstić information content (AvgIpc) is 3.36. The number of β-lactam (4-membered cyclic amide) rings is 1. The minimum absolute atomic E-state index is 0.0519. The van der Waals surface area contributed by atoms with E-state index in [9.17, 15) is 29.3 Å². The van der Waals surface area contributed by atoms with Crippen LogP contribution in [0.5, 0.6) is 0 Å². The minimum atomic E-state index is -0.933. The molecule has 1 unspecified atom stereocenters. The van der Waals surface area contributed by atoms with Crippen molar-refractivity contribution < 1.29 is 33.7 Å². The number of benzene rings is 1. The number of amides is 3. The molecule has 14 nitrogen and oxygen atoms in total. The highest BCUT2D eigenvalue weighted by molar-refractivity contribution is 8.00. The van der Waals surface area contributed by atoms with Gasteiger partial charge in [-0.25, -0.2) is 9.78 Å². The molecule has 37 heavy (non-hydrogen) atoms. The largest absolute Gasteiger partial charge is 0.456 e. The maximum atomic E-state index is 12.9. The van der Waals surface area contributed by atoms with Gasteiger partial charge < -0.3 is 20.2 Å². The zero-order chi connectivity index (χ0) is 26.5. The minimum Gasteiger partial charge on any atom is -0.456 e. The highest BCUT2D eigenvalue weighted by Crippen LogP contribution is 2.38. The maximum absolute atomic E-state index is 12.9. The van der Waals surface area contributed by atoms with Gasteiger partial charge in [-0.3, -0.25) is 29.4 Å². The zero-order valence-electron chi connectivity index (χ0n) is 19.0. The predicted molar refractivity (Wildman–Crippen MR) is 131 cm³/mol. The van der Waals surface area contributed by atoms with E-state index in [1.807, 2.05) is 0 Å². The Kier molecular flexibility index (Phi) is 7.78. The van der Waals surface area contributed by atoms with E-state index in [0.29, 0.717) is 17.7 Å². The maximum Gasteiger partial charge on any atom is 0.355 e. The Morgan fingerprint density at radius 3 is 2.78 bits per heavy atom. The van der Waals surface area contributed by atoms with Gasteiger partial charge in [0, 0.05) is 23.3 Å². The van der Waals surface area contributed by atoms with E-state index >= 15 is 0 Å². The molecule has 1 saturated heterocycles. The van der Waals surface area contributed by atoms with Gasteiger partial charge in [0.15, 0.2) is 10.8 Å². The van der Waals surface area contributed by atoms with Crippen LogP contribution in [-0.2, 0) is 35.4 Å². The Morgan fingerprint density at radius 2 is 2.11 bits per heavy atom. The summed E-state index contributed by atoms with van der Waals surface area (Å²) in [7, 11) is 1.25. The van der Waals surface area contributed by atoms with Gasteiger partial charge in [0.1, 0.15) is 36.5 Å². The number of non-ortho nitro benzene ring substituents is 1. The van der Waals surface area contributed by atoms with Crippen molar-refractivity contribution in [2.24, 2.45) is 5.16 Å². The number of aromatic nitrogens is 1. The second-order valence-corrected chi connectivity index (χ2v) is 9.40. The summed E-state index contributed by atoms with van der Waals surface area (Å²) in [5.41, 5.74) is 0.457. The average molecular weight is 547 g/mol. The van der Waals surface area contributed by atoms with Crippen LogP contribution in [0.3, 0.4) is 0 Å². The van der Waals surface area contributed by atoms with Gasteiger partial charge in [-0.05, 0) is 23.8 Å². The van der Waals surface area contributed by atoms with E-state index in [-0.39, 0.29) is 34.5 Å². The van der Waals surface area contributed by atoms with Gasteiger partial charge in [-0.15, -0.1) is 23.1 Å². The van der Waals surface area contributed by atoms with Crippen LogP contribution in [0.2, 0.25) is 0 Å². The second-order valence-electron chi connectivity index (χ2n) is 7.39. The molecule has 2 aromatic rings. The van der Waals surface area contributed by atoms with Crippen LogP contribution in [0.15, 0.2) is 46.6 Å². The van der Waals surface area contributed by atoms with Gasteiger partial charge in [-0.1, -0.05) is 5.16 Å². The molecule has 16 heteroatoms. The molecule has 2 atom stereocenters. The van der Waals surface area contributed by atoms with Gasteiger partial charge in [0.2, 0.25) is 6.41 Å². The van der Waals surface area contributed by atoms with Crippen molar-refractivity contribution in [2.45, 2.75) is 18.0 Å². The van der Waals surface area contributed by atoms with E-state index in [4.69, 9.17) is 9.57 Å². The lowest BCUT2D eigenvalue weighted by molar-refractivity contribution is -0.384. The number of ether oxygens (including phenoxy) is 1. The van der Waals surface area contributed by atoms with Crippen LogP contribution < -0.4 is 10.6 Å². The molecule has 0 spiro atoms. The number of rotatable bonds is 10. The molecule has 1 fully saturated rings. The summed E-state index contributed by atoms with van der Waals surface area (Å²) in [5.74, 6) is -1.57. The van der Waals surface area contributed by atoms with Crippen molar-refractivity contribution in [3.8, 4) is 0 Å². The molecular weight excluding hydrogens is 528 g/mol. The molecule has 1 aromatic carbocycles. The third-order valence-corrected chi connectivity index (χ3v) is 7.14. The molecule has 2 aliphatic heterocycles. The van der Waals surface area contributed by atoms with E-state index in [1.165, 1.54) is 53.4 Å². The van der Waals surface area contributed by atoms with Crippen LogP contribution in [0.25, 0.3) is 0 Å². The number of thiazole rings is 1. The number of nitro benzene ring substituents is 1. The molecule has 2 aliphatic rings. The smallest absolute Gasteiger partial charge is 0.355 e. The number of hydrogen-bond acceptors (Lipinski definition) is 12. The van der Waals surface area contributed by atoms with Gasteiger partial charge in [0.05, 0.1) is 4.92 Å². The predicted octanol–water partition coefficient (Wildman–Crippen LogP) is 0.997. The number of carbonyl (C=O) groups is 4. The molecular formula is C21H18N6O8S2. The SMILES string of the molecule is CO/N=C(\C(=O)NC1C(=O)N2C(C(=O)OCc3ccc([N+](=O)[O-])cc3)=CCS[C@H]12)c1csc(NC=O)n1. The Labute approximate surface area is 216 Å². The molecule has 1 aromatic heterocycles. The number of anilines is 1. The number of nitro groups is 1. The summed E-state index contributed by atoms with van der Waals surface area (Å²) in [5, 5.41) is 20.6. The van der Waals surface area contributed by atoms with Gasteiger partial charge in [0.25, 0.3) is 17.5 Å². The van der Waals surface area contributed by atoms with Crippen molar-refractivity contribution in [3.05, 3.63) is 62.8 Å². The fourth-order valence-electron chi connectivity index (χ4n) is 3.47. The van der Waals surface area contributed by atoms with E-state index < -0.39 is 34.1 Å². The number of thioether (sulfide) groups is 1. The van der Waals surface area contributed by atoms with Crippen molar-refractivity contribution in [3.63, 3.8) is 0 Å². The molecule has 0 radical (unpaired) electrons. The number of nitrogens with one attached hydrogen (secondary N) is 2. The molecule has 0 aliphatic carbocycles. The molecule has 4 rings (SSSR count). The lowest BCUT2D eigenvalue weighted by Gasteiger charge is -2.48. The highest BCUT2D eigenvalue weighted by atomic mass is 32.2.